The van der Waals surface area contributed by atoms with Crippen LogP contribution in [0.25, 0.3) is 0 Å². The van der Waals surface area contributed by atoms with Gasteiger partial charge in [0.05, 0.1) is 11.1 Å². The van der Waals surface area contributed by atoms with Gasteiger partial charge < -0.3 is 11.1 Å². The first-order valence-electron chi connectivity index (χ1n) is 8.36. The zero-order valence-electron chi connectivity index (χ0n) is 15.7. The smallest absolute Gasteiger partial charge is 0.244 e. The van der Waals surface area contributed by atoms with Gasteiger partial charge in [-0.1, -0.05) is 13.8 Å². The molecule has 0 saturated heterocycles. The predicted molar refractivity (Wildman–Crippen MR) is 97.1 cm³/mol. The number of rotatable bonds is 7. The Bertz CT molecular complexity index is 762. The molecule has 0 radical (unpaired) electrons. The van der Waals surface area contributed by atoms with Crippen molar-refractivity contribution in [2.45, 2.75) is 57.9 Å². The largest absolute Gasteiger partial charge is 0.329 e. The SMILES string of the molecule is CCC(CC)(CN)C(=O)Nc1cc(S(=O)(=O)NC(C)(C)C)c(F)cc1F. The minimum Gasteiger partial charge on any atom is -0.329 e. The van der Waals surface area contributed by atoms with E-state index in [9.17, 15) is 22.0 Å². The lowest BCUT2D eigenvalue weighted by molar-refractivity contribution is -0.125. The summed E-state index contributed by atoms with van der Waals surface area (Å²) in [6.45, 7) is 8.37. The van der Waals surface area contributed by atoms with Crippen molar-refractivity contribution in [1.29, 1.82) is 0 Å². The van der Waals surface area contributed by atoms with Crippen LogP contribution in [0.4, 0.5) is 14.5 Å². The molecule has 26 heavy (non-hydrogen) atoms. The Balaban J connectivity index is 3.34. The number of carbonyl (C=O) groups excluding carboxylic acids is 1. The van der Waals surface area contributed by atoms with Gasteiger partial charge >= 0.3 is 0 Å². The number of benzene rings is 1. The standard InChI is InChI=1S/C17H27F2N3O3S/c1-6-17(7-2,10-20)15(23)21-13-9-14(12(19)8-11(13)18)26(24,25)22-16(3,4)5/h8-9,22H,6-7,10,20H2,1-5H3,(H,21,23). The molecule has 1 rings (SSSR count). The Morgan fingerprint density at radius 1 is 1.12 bits per heavy atom. The molecule has 0 fully saturated rings. The molecular weight excluding hydrogens is 364 g/mol. The zero-order chi connectivity index (χ0) is 20.3. The average Bonchev–Trinajstić information content (AvgIpc) is 2.49. The topological polar surface area (TPSA) is 101 Å². The third kappa shape index (κ3) is 4.99. The fourth-order valence-corrected chi connectivity index (χ4v) is 4.00. The second kappa shape index (κ2) is 7.98. The van der Waals surface area contributed by atoms with E-state index in [-0.39, 0.29) is 6.54 Å². The van der Waals surface area contributed by atoms with Crippen molar-refractivity contribution in [1.82, 2.24) is 4.72 Å². The number of nitrogens with one attached hydrogen (secondary N) is 2. The molecular formula is C17H27F2N3O3S. The molecule has 6 nitrogen and oxygen atoms in total. The van der Waals surface area contributed by atoms with E-state index in [1.54, 1.807) is 34.6 Å². The molecule has 0 aromatic heterocycles. The summed E-state index contributed by atoms with van der Waals surface area (Å²) in [6.07, 6.45) is 0.844. The molecule has 148 valence electrons. The van der Waals surface area contributed by atoms with Crippen molar-refractivity contribution in [2.75, 3.05) is 11.9 Å². The van der Waals surface area contributed by atoms with E-state index >= 15 is 0 Å². The van der Waals surface area contributed by atoms with Crippen LogP contribution in [-0.4, -0.2) is 26.4 Å². The highest BCUT2D eigenvalue weighted by atomic mass is 32.2. The summed E-state index contributed by atoms with van der Waals surface area (Å²) in [4.78, 5) is 11.8. The normalized spacial score (nSPS) is 12.9. The number of sulfonamides is 1. The molecule has 0 bridgehead atoms. The van der Waals surface area contributed by atoms with Crippen molar-refractivity contribution >= 4 is 21.6 Å². The van der Waals surface area contributed by atoms with Crippen molar-refractivity contribution in [3.63, 3.8) is 0 Å². The Kier molecular flexibility index (Phi) is 6.89. The molecule has 0 heterocycles. The van der Waals surface area contributed by atoms with Gasteiger partial charge in [0.2, 0.25) is 15.9 Å². The van der Waals surface area contributed by atoms with E-state index in [0.29, 0.717) is 18.9 Å². The molecule has 0 aliphatic heterocycles. The van der Waals surface area contributed by atoms with Crippen molar-refractivity contribution in [3.05, 3.63) is 23.8 Å². The van der Waals surface area contributed by atoms with Gasteiger partial charge in [-0.2, -0.15) is 0 Å². The first kappa shape index (κ1) is 22.5. The van der Waals surface area contributed by atoms with Crippen LogP contribution in [0.3, 0.4) is 0 Å². The molecule has 9 heteroatoms. The van der Waals surface area contributed by atoms with Crippen LogP contribution >= 0.6 is 0 Å². The fraction of sp³-hybridized carbons (Fsp3) is 0.588. The maximum Gasteiger partial charge on any atom is 0.244 e. The monoisotopic (exact) mass is 391 g/mol. The van der Waals surface area contributed by atoms with Crippen LogP contribution in [0.15, 0.2) is 17.0 Å². The van der Waals surface area contributed by atoms with Crippen molar-refractivity contribution in [2.24, 2.45) is 11.1 Å². The Morgan fingerprint density at radius 2 is 1.65 bits per heavy atom. The van der Waals surface area contributed by atoms with E-state index in [4.69, 9.17) is 5.73 Å². The van der Waals surface area contributed by atoms with E-state index in [1.807, 2.05) is 0 Å². The van der Waals surface area contributed by atoms with Gasteiger partial charge in [0.15, 0.2) is 0 Å². The summed E-state index contributed by atoms with van der Waals surface area (Å²) in [5.41, 5.74) is 3.51. The van der Waals surface area contributed by atoms with Crippen molar-refractivity contribution in [3.8, 4) is 0 Å². The number of amides is 1. The molecule has 4 N–H and O–H groups in total. The lowest BCUT2D eigenvalue weighted by atomic mass is 9.81. The lowest BCUT2D eigenvalue weighted by Crippen LogP contribution is -2.42. The third-order valence-corrected chi connectivity index (χ3v) is 6.00. The van der Waals surface area contributed by atoms with Gasteiger partial charge in [-0.15, -0.1) is 0 Å². The predicted octanol–water partition coefficient (Wildman–Crippen LogP) is 2.75. The molecule has 0 unspecified atom stereocenters. The average molecular weight is 391 g/mol. The van der Waals surface area contributed by atoms with Gasteiger partial charge in [0.1, 0.15) is 16.5 Å². The van der Waals surface area contributed by atoms with Crippen LogP contribution in [0.2, 0.25) is 0 Å². The number of carbonyl (C=O) groups is 1. The first-order valence-corrected chi connectivity index (χ1v) is 9.84. The molecule has 0 saturated carbocycles. The number of hydrogen-bond acceptors (Lipinski definition) is 4. The van der Waals surface area contributed by atoms with Gasteiger partial charge in [-0.05, 0) is 39.7 Å². The van der Waals surface area contributed by atoms with Gasteiger partial charge in [-0.3, -0.25) is 4.79 Å². The van der Waals surface area contributed by atoms with Gasteiger partial charge in [0.25, 0.3) is 0 Å². The molecule has 1 amide bonds. The number of anilines is 1. The van der Waals surface area contributed by atoms with Crippen LogP contribution in [0, 0.1) is 17.0 Å². The van der Waals surface area contributed by atoms with Crippen LogP contribution in [-0.2, 0) is 14.8 Å². The Hall–Kier alpha value is -1.58. The highest BCUT2D eigenvalue weighted by molar-refractivity contribution is 7.89. The summed E-state index contributed by atoms with van der Waals surface area (Å²) in [5.74, 6) is -2.85. The highest BCUT2D eigenvalue weighted by Gasteiger charge is 2.34. The second-order valence-corrected chi connectivity index (χ2v) is 8.91. The lowest BCUT2D eigenvalue weighted by Gasteiger charge is -2.28. The van der Waals surface area contributed by atoms with E-state index in [1.165, 1.54) is 0 Å². The minimum atomic E-state index is -4.24. The molecule has 0 aliphatic rings. The van der Waals surface area contributed by atoms with E-state index in [0.717, 1.165) is 6.07 Å². The van der Waals surface area contributed by atoms with Gasteiger partial charge in [-0.25, -0.2) is 21.9 Å². The molecule has 0 spiro atoms. The first-order chi connectivity index (χ1) is 11.8. The fourth-order valence-electron chi connectivity index (χ4n) is 2.50. The van der Waals surface area contributed by atoms with Crippen LogP contribution < -0.4 is 15.8 Å². The quantitative estimate of drug-likeness (QED) is 0.665. The van der Waals surface area contributed by atoms with Crippen LogP contribution in [0.5, 0.6) is 0 Å². The maximum atomic E-state index is 14.1. The summed E-state index contributed by atoms with van der Waals surface area (Å²) < 4.78 is 55.2. The summed E-state index contributed by atoms with van der Waals surface area (Å²) in [7, 11) is -4.24. The highest BCUT2D eigenvalue weighted by Crippen LogP contribution is 2.29. The third-order valence-electron chi connectivity index (χ3n) is 4.23. The van der Waals surface area contributed by atoms with Crippen molar-refractivity contribution < 1.29 is 22.0 Å². The second-order valence-electron chi connectivity index (χ2n) is 7.26. The van der Waals surface area contributed by atoms with Gasteiger partial charge in [0, 0.05) is 18.2 Å². The molecule has 0 aliphatic carbocycles. The summed E-state index contributed by atoms with van der Waals surface area (Å²) in [6, 6.07) is 1.22. The van der Waals surface area contributed by atoms with E-state index in [2.05, 4.69) is 10.0 Å². The molecule has 0 atom stereocenters. The summed E-state index contributed by atoms with van der Waals surface area (Å²) in [5, 5.41) is 2.35. The van der Waals surface area contributed by atoms with E-state index < -0.39 is 49.1 Å². The summed E-state index contributed by atoms with van der Waals surface area (Å²) >= 11 is 0. The Labute approximate surface area is 153 Å². The zero-order valence-corrected chi connectivity index (χ0v) is 16.6. The molecule has 1 aromatic rings. The maximum absolute atomic E-state index is 14.1. The number of nitrogens with two attached hydrogens (primary N) is 1. The number of hydrogen-bond donors (Lipinski definition) is 3. The Morgan fingerprint density at radius 3 is 2.08 bits per heavy atom. The number of halogens is 2. The minimum absolute atomic E-state index is 0.0470. The molecule has 1 aromatic carbocycles. The van der Waals surface area contributed by atoms with Crippen LogP contribution in [0.1, 0.15) is 47.5 Å².